The third-order valence-corrected chi connectivity index (χ3v) is 6.58. The van der Waals surface area contributed by atoms with Crippen molar-refractivity contribution in [3.05, 3.63) is 81.9 Å². The molecule has 0 saturated carbocycles. The zero-order valence-electron chi connectivity index (χ0n) is 20.1. The van der Waals surface area contributed by atoms with Gasteiger partial charge in [0.1, 0.15) is 11.8 Å². The molecule has 2 aromatic heterocycles. The number of benzene rings is 2. The highest BCUT2D eigenvalue weighted by atomic mass is 16.5. The maximum absolute atomic E-state index is 13.4. The van der Waals surface area contributed by atoms with E-state index >= 15 is 0 Å². The average molecular weight is 475 g/mol. The first-order valence-corrected chi connectivity index (χ1v) is 12.0. The summed E-state index contributed by atoms with van der Waals surface area (Å²) in [4.78, 5) is 18.7. The number of hydrogen-bond donors (Lipinski definition) is 1. The maximum Gasteiger partial charge on any atom is 0.253 e. The monoisotopic (exact) mass is 474 g/mol. The molecule has 4 aromatic rings. The van der Waals surface area contributed by atoms with Gasteiger partial charge in [0, 0.05) is 29.6 Å². The molecule has 9 nitrogen and oxygen atoms in total. The Morgan fingerprint density at radius 2 is 2.09 bits per heavy atom. The van der Waals surface area contributed by atoms with Crippen molar-refractivity contribution >= 4 is 10.9 Å². The van der Waals surface area contributed by atoms with Crippen LogP contribution in [0.3, 0.4) is 0 Å². The summed E-state index contributed by atoms with van der Waals surface area (Å²) in [7, 11) is 1.63. The molecule has 2 atom stereocenters. The topological polar surface area (TPSA) is 98.2 Å². The van der Waals surface area contributed by atoms with Gasteiger partial charge in [-0.15, -0.1) is 5.10 Å². The van der Waals surface area contributed by atoms with Crippen LogP contribution in [0.4, 0.5) is 0 Å². The molecule has 1 aliphatic heterocycles. The van der Waals surface area contributed by atoms with E-state index in [9.17, 15) is 4.79 Å². The first-order valence-electron chi connectivity index (χ1n) is 12.0. The van der Waals surface area contributed by atoms with E-state index in [2.05, 4.69) is 44.5 Å². The molecular formula is C26H30N6O3. The summed E-state index contributed by atoms with van der Waals surface area (Å²) in [6.07, 6.45) is 2.08. The number of pyridine rings is 1. The quantitative estimate of drug-likeness (QED) is 0.397. The largest absolute Gasteiger partial charge is 0.497 e. The third-order valence-electron chi connectivity index (χ3n) is 6.58. The number of aromatic nitrogens is 5. The molecule has 3 heterocycles. The van der Waals surface area contributed by atoms with E-state index in [0.717, 1.165) is 41.7 Å². The Bertz CT molecular complexity index is 1330. The summed E-state index contributed by atoms with van der Waals surface area (Å²) in [6.45, 7) is 4.74. The van der Waals surface area contributed by atoms with Crippen molar-refractivity contribution in [1.29, 1.82) is 0 Å². The van der Waals surface area contributed by atoms with Gasteiger partial charge in [0.05, 0.1) is 19.8 Å². The molecular weight excluding hydrogens is 444 g/mol. The molecule has 182 valence electrons. The Balaban J connectivity index is 1.62. The van der Waals surface area contributed by atoms with Gasteiger partial charge in [0.25, 0.3) is 5.56 Å². The molecule has 5 rings (SSSR count). The van der Waals surface area contributed by atoms with Crippen LogP contribution in [0.1, 0.15) is 42.8 Å². The van der Waals surface area contributed by atoms with Crippen molar-refractivity contribution in [2.45, 2.75) is 45.0 Å². The number of H-pyrrole nitrogens is 1. The predicted octanol–water partition coefficient (Wildman–Crippen LogP) is 3.31. The van der Waals surface area contributed by atoms with E-state index in [4.69, 9.17) is 9.47 Å². The molecule has 1 saturated heterocycles. The zero-order valence-corrected chi connectivity index (χ0v) is 20.1. The molecule has 0 bridgehead atoms. The molecule has 9 heteroatoms. The second-order valence-electron chi connectivity index (χ2n) is 8.81. The molecule has 1 N–H and O–H groups in total. The minimum atomic E-state index is -0.448. The van der Waals surface area contributed by atoms with Crippen molar-refractivity contribution in [3.8, 4) is 5.75 Å². The lowest BCUT2D eigenvalue weighted by molar-refractivity contribution is 0.0907. The minimum absolute atomic E-state index is 0.0706. The second-order valence-corrected chi connectivity index (χ2v) is 8.81. The van der Waals surface area contributed by atoms with Crippen LogP contribution in [0, 0.1) is 0 Å². The van der Waals surface area contributed by atoms with Crippen LogP contribution in [0.2, 0.25) is 0 Å². The van der Waals surface area contributed by atoms with Crippen LogP contribution >= 0.6 is 0 Å². The molecule has 0 aliphatic carbocycles. The van der Waals surface area contributed by atoms with E-state index in [1.54, 1.807) is 11.8 Å². The SMILES string of the molecule is CCN(Cc1ccccc1)[C@H](c1cc2cc(OC)ccc2[nH]c1=O)c1nnnn1C[C@H]1CCCO1. The zero-order chi connectivity index (χ0) is 24.2. The lowest BCUT2D eigenvalue weighted by Crippen LogP contribution is -2.35. The first-order chi connectivity index (χ1) is 17.2. The van der Waals surface area contributed by atoms with Crippen molar-refractivity contribution in [2.75, 3.05) is 20.3 Å². The number of aromatic amines is 1. The van der Waals surface area contributed by atoms with Crippen LogP contribution in [-0.2, 0) is 17.8 Å². The van der Waals surface area contributed by atoms with Gasteiger partial charge in [-0.25, -0.2) is 4.68 Å². The highest BCUT2D eigenvalue weighted by Gasteiger charge is 2.31. The van der Waals surface area contributed by atoms with Gasteiger partial charge in [-0.1, -0.05) is 37.3 Å². The molecule has 1 fully saturated rings. The highest BCUT2D eigenvalue weighted by molar-refractivity contribution is 5.80. The summed E-state index contributed by atoms with van der Waals surface area (Å²) in [5.74, 6) is 1.36. The van der Waals surface area contributed by atoms with Gasteiger partial charge < -0.3 is 14.5 Å². The Labute approximate surface area is 203 Å². The Kier molecular flexibility index (Phi) is 6.87. The normalized spacial score (nSPS) is 16.7. The van der Waals surface area contributed by atoms with E-state index in [0.29, 0.717) is 31.0 Å². The van der Waals surface area contributed by atoms with Gasteiger partial charge in [-0.05, 0) is 59.6 Å². The van der Waals surface area contributed by atoms with E-state index in [1.165, 1.54) is 0 Å². The van der Waals surface area contributed by atoms with Crippen LogP contribution in [0.15, 0.2) is 59.4 Å². The van der Waals surface area contributed by atoms with Crippen LogP contribution < -0.4 is 10.3 Å². The third kappa shape index (κ3) is 4.96. The van der Waals surface area contributed by atoms with Gasteiger partial charge in [0.15, 0.2) is 5.82 Å². The lowest BCUT2D eigenvalue weighted by Gasteiger charge is -2.30. The van der Waals surface area contributed by atoms with Crippen molar-refractivity contribution in [1.82, 2.24) is 30.1 Å². The second kappa shape index (κ2) is 10.4. The van der Waals surface area contributed by atoms with Gasteiger partial charge in [0.2, 0.25) is 0 Å². The number of hydrogen-bond acceptors (Lipinski definition) is 7. The number of nitrogens with zero attached hydrogens (tertiary/aromatic N) is 5. The summed E-state index contributed by atoms with van der Waals surface area (Å²) < 4.78 is 13.1. The minimum Gasteiger partial charge on any atom is -0.497 e. The maximum atomic E-state index is 13.4. The number of rotatable bonds is 9. The first kappa shape index (κ1) is 23.2. The average Bonchev–Trinajstić information content (AvgIpc) is 3.57. The van der Waals surface area contributed by atoms with Gasteiger partial charge in [-0.2, -0.15) is 0 Å². The molecule has 1 aliphatic rings. The smallest absolute Gasteiger partial charge is 0.253 e. The number of fused-ring (bicyclic) bond motifs is 1. The standard InChI is InChI=1S/C26H30N6O3/c1-3-31(16-18-8-5-4-6-9-18)24(25-28-29-30-32(25)17-21-10-7-13-35-21)22-15-19-14-20(34-2)11-12-23(19)27-26(22)33/h4-6,8-9,11-12,14-15,21,24H,3,7,10,13,16-17H2,1-2H3,(H,27,33)/t21-,24-/m1/s1. The molecule has 0 radical (unpaired) electrons. The summed E-state index contributed by atoms with van der Waals surface area (Å²) in [5.41, 5.74) is 2.33. The molecule has 0 unspecified atom stereocenters. The van der Waals surface area contributed by atoms with Crippen molar-refractivity contribution in [2.24, 2.45) is 0 Å². The molecule has 35 heavy (non-hydrogen) atoms. The predicted molar refractivity (Wildman–Crippen MR) is 132 cm³/mol. The fourth-order valence-corrected chi connectivity index (χ4v) is 4.75. The van der Waals surface area contributed by atoms with E-state index in [1.807, 2.05) is 42.5 Å². The summed E-state index contributed by atoms with van der Waals surface area (Å²) in [5, 5.41) is 13.6. The summed E-state index contributed by atoms with van der Waals surface area (Å²) >= 11 is 0. The van der Waals surface area contributed by atoms with Crippen LogP contribution in [-0.4, -0.2) is 56.5 Å². The molecule has 0 amide bonds. The molecule has 2 aromatic carbocycles. The fraction of sp³-hybridized carbons (Fsp3) is 0.385. The number of methoxy groups -OCH3 is 1. The number of nitrogens with one attached hydrogen (secondary N) is 1. The fourth-order valence-electron chi connectivity index (χ4n) is 4.75. The lowest BCUT2D eigenvalue weighted by atomic mass is 10.0. The number of tetrazole rings is 1. The molecule has 0 spiro atoms. The van der Waals surface area contributed by atoms with Crippen LogP contribution in [0.25, 0.3) is 10.9 Å². The highest BCUT2D eigenvalue weighted by Crippen LogP contribution is 2.29. The van der Waals surface area contributed by atoms with E-state index < -0.39 is 6.04 Å². The van der Waals surface area contributed by atoms with Crippen molar-refractivity contribution < 1.29 is 9.47 Å². The van der Waals surface area contributed by atoms with Crippen molar-refractivity contribution in [3.63, 3.8) is 0 Å². The van der Waals surface area contributed by atoms with Crippen LogP contribution in [0.5, 0.6) is 5.75 Å². The Hall–Kier alpha value is -3.56. The van der Waals surface area contributed by atoms with E-state index in [-0.39, 0.29) is 11.7 Å². The van der Waals surface area contributed by atoms with Gasteiger partial charge >= 0.3 is 0 Å². The Morgan fingerprint density at radius 1 is 1.23 bits per heavy atom. The van der Waals surface area contributed by atoms with Gasteiger partial charge in [-0.3, -0.25) is 9.69 Å². The summed E-state index contributed by atoms with van der Waals surface area (Å²) in [6, 6.07) is 17.3. The number of ether oxygens (including phenoxy) is 2. The Morgan fingerprint density at radius 3 is 2.83 bits per heavy atom.